The van der Waals surface area contributed by atoms with Crippen molar-refractivity contribution in [2.24, 2.45) is 5.92 Å². The quantitative estimate of drug-likeness (QED) is 0.840. The summed E-state index contributed by atoms with van der Waals surface area (Å²) in [4.78, 5) is 25.5. The van der Waals surface area contributed by atoms with Gasteiger partial charge in [-0.3, -0.25) is 9.69 Å². The summed E-state index contributed by atoms with van der Waals surface area (Å²) in [6.45, 7) is 4.09. The molecule has 1 unspecified atom stereocenters. The Balaban J connectivity index is 1.71. The topological polar surface area (TPSA) is 75.4 Å². The zero-order valence-electron chi connectivity index (χ0n) is 13.5. The van der Waals surface area contributed by atoms with E-state index in [4.69, 9.17) is 16.1 Å². The molecule has 1 saturated heterocycles. The van der Waals surface area contributed by atoms with Crippen LogP contribution in [0, 0.1) is 5.92 Å². The molecule has 1 aliphatic heterocycles. The molecule has 3 amide bonds. The van der Waals surface area contributed by atoms with Crippen molar-refractivity contribution in [2.75, 3.05) is 0 Å². The number of aromatic nitrogens is 1. The predicted octanol–water partition coefficient (Wildman–Crippen LogP) is 3.46. The maximum Gasteiger partial charge on any atom is 0.325 e. The molecule has 0 radical (unpaired) electrons. The Labute approximate surface area is 144 Å². The van der Waals surface area contributed by atoms with Crippen LogP contribution in [0.2, 0.25) is 5.02 Å². The maximum absolute atomic E-state index is 12.3. The molecule has 0 spiro atoms. The highest BCUT2D eigenvalue weighted by atomic mass is 35.5. The Morgan fingerprint density at radius 3 is 2.67 bits per heavy atom. The summed E-state index contributed by atoms with van der Waals surface area (Å²) in [5, 5.41) is 7.34. The summed E-state index contributed by atoms with van der Waals surface area (Å²) in [6, 6.07) is 8.05. The molecule has 126 valence electrons. The second-order valence-electron chi connectivity index (χ2n) is 6.24. The standard InChI is InChI=1S/C17H18ClN3O3/c1-10(2)7-15-16(22)21(17(23)19-15)9-13-8-14(20-24-13)11-3-5-12(18)6-4-11/h3-6,8,10,15H,7,9H2,1-2H3,(H,19,23). The summed E-state index contributed by atoms with van der Waals surface area (Å²) < 4.78 is 5.27. The van der Waals surface area contributed by atoms with Crippen LogP contribution in [0.25, 0.3) is 11.3 Å². The van der Waals surface area contributed by atoms with Gasteiger partial charge in [-0.2, -0.15) is 0 Å². The van der Waals surface area contributed by atoms with Gasteiger partial charge in [0.1, 0.15) is 11.7 Å². The zero-order valence-corrected chi connectivity index (χ0v) is 14.2. The molecule has 1 atom stereocenters. The molecule has 2 heterocycles. The van der Waals surface area contributed by atoms with Crippen molar-refractivity contribution < 1.29 is 14.1 Å². The number of amides is 3. The van der Waals surface area contributed by atoms with Crippen molar-refractivity contribution in [3.8, 4) is 11.3 Å². The molecular formula is C17H18ClN3O3. The third-order valence-corrected chi connectivity index (χ3v) is 4.08. The fraction of sp³-hybridized carbons (Fsp3) is 0.353. The van der Waals surface area contributed by atoms with E-state index in [0.29, 0.717) is 28.8 Å². The molecule has 0 saturated carbocycles. The molecule has 1 aliphatic rings. The van der Waals surface area contributed by atoms with Gasteiger partial charge in [-0.1, -0.05) is 42.7 Å². The van der Waals surface area contributed by atoms with Crippen LogP contribution in [0.4, 0.5) is 4.79 Å². The van der Waals surface area contributed by atoms with E-state index >= 15 is 0 Å². The van der Waals surface area contributed by atoms with Crippen LogP contribution in [0.3, 0.4) is 0 Å². The van der Waals surface area contributed by atoms with E-state index in [1.54, 1.807) is 18.2 Å². The van der Waals surface area contributed by atoms with Crippen LogP contribution in [-0.4, -0.2) is 28.0 Å². The molecule has 7 heteroatoms. The number of hydrogen-bond donors (Lipinski definition) is 1. The number of imide groups is 1. The summed E-state index contributed by atoms with van der Waals surface area (Å²) in [5.74, 6) is 0.549. The second kappa shape index (κ2) is 6.65. The van der Waals surface area contributed by atoms with Gasteiger partial charge in [-0.15, -0.1) is 0 Å². The zero-order chi connectivity index (χ0) is 17.3. The monoisotopic (exact) mass is 347 g/mol. The molecule has 1 aromatic carbocycles. The number of nitrogens with zero attached hydrogens (tertiary/aromatic N) is 2. The van der Waals surface area contributed by atoms with E-state index in [1.807, 2.05) is 26.0 Å². The van der Waals surface area contributed by atoms with Crippen LogP contribution in [-0.2, 0) is 11.3 Å². The average molecular weight is 348 g/mol. The summed E-state index contributed by atoms with van der Waals surface area (Å²) in [6.07, 6.45) is 0.619. The second-order valence-corrected chi connectivity index (χ2v) is 6.68. The van der Waals surface area contributed by atoms with Crippen molar-refractivity contribution in [1.82, 2.24) is 15.4 Å². The van der Waals surface area contributed by atoms with Gasteiger partial charge in [-0.05, 0) is 24.5 Å². The van der Waals surface area contributed by atoms with Crippen LogP contribution in [0.1, 0.15) is 26.0 Å². The first kappa shape index (κ1) is 16.5. The number of urea groups is 1. The highest BCUT2D eigenvalue weighted by Crippen LogP contribution is 2.23. The molecule has 2 aromatic rings. The molecular weight excluding hydrogens is 330 g/mol. The first-order valence-electron chi connectivity index (χ1n) is 7.77. The summed E-state index contributed by atoms with van der Waals surface area (Å²) in [7, 11) is 0. The number of benzene rings is 1. The Morgan fingerprint density at radius 2 is 2.00 bits per heavy atom. The Bertz CT molecular complexity index is 755. The van der Waals surface area contributed by atoms with Gasteiger partial charge in [-0.25, -0.2) is 4.79 Å². The lowest BCUT2D eigenvalue weighted by Crippen LogP contribution is -2.31. The van der Waals surface area contributed by atoms with E-state index in [-0.39, 0.29) is 12.5 Å². The van der Waals surface area contributed by atoms with Crippen LogP contribution < -0.4 is 5.32 Å². The number of nitrogens with one attached hydrogen (secondary N) is 1. The number of carbonyl (C=O) groups is 2. The Hall–Kier alpha value is -2.34. The van der Waals surface area contributed by atoms with Crippen molar-refractivity contribution in [3.63, 3.8) is 0 Å². The number of hydrogen-bond acceptors (Lipinski definition) is 4. The lowest BCUT2D eigenvalue weighted by molar-refractivity contribution is -0.128. The van der Waals surface area contributed by atoms with E-state index in [2.05, 4.69) is 10.5 Å². The van der Waals surface area contributed by atoms with E-state index in [9.17, 15) is 9.59 Å². The third-order valence-electron chi connectivity index (χ3n) is 3.83. The minimum atomic E-state index is -0.462. The van der Waals surface area contributed by atoms with Crippen molar-refractivity contribution in [2.45, 2.75) is 32.9 Å². The maximum atomic E-state index is 12.3. The molecule has 6 nitrogen and oxygen atoms in total. The number of carbonyl (C=O) groups excluding carboxylic acids is 2. The molecule has 0 aliphatic carbocycles. The largest absolute Gasteiger partial charge is 0.359 e. The molecule has 3 rings (SSSR count). The van der Waals surface area contributed by atoms with Gasteiger partial charge in [0.2, 0.25) is 0 Å². The fourth-order valence-corrected chi connectivity index (χ4v) is 2.78. The highest BCUT2D eigenvalue weighted by Gasteiger charge is 2.38. The van der Waals surface area contributed by atoms with Gasteiger partial charge in [0, 0.05) is 16.7 Å². The van der Waals surface area contributed by atoms with E-state index in [1.165, 1.54) is 4.90 Å². The van der Waals surface area contributed by atoms with E-state index in [0.717, 1.165) is 5.56 Å². The van der Waals surface area contributed by atoms with Crippen LogP contribution >= 0.6 is 11.6 Å². The summed E-state index contributed by atoms with van der Waals surface area (Å²) in [5.41, 5.74) is 1.48. The number of rotatable bonds is 5. The highest BCUT2D eigenvalue weighted by molar-refractivity contribution is 6.30. The smallest absolute Gasteiger partial charge is 0.325 e. The van der Waals surface area contributed by atoms with E-state index < -0.39 is 12.1 Å². The Kier molecular flexibility index (Phi) is 4.57. The average Bonchev–Trinajstić information content (AvgIpc) is 3.09. The van der Waals surface area contributed by atoms with Crippen molar-refractivity contribution in [3.05, 3.63) is 41.1 Å². The SMILES string of the molecule is CC(C)CC1NC(=O)N(Cc2cc(-c3ccc(Cl)cc3)no2)C1=O. The van der Waals surface area contributed by atoms with Gasteiger partial charge < -0.3 is 9.84 Å². The first-order valence-corrected chi connectivity index (χ1v) is 8.15. The van der Waals surface area contributed by atoms with Gasteiger partial charge in [0.15, 0.2) is 5.76 Å². The molecule has 1 fully saturated rings. The molecule has 24 heavy (non-hydrogen) atoms. The molecule has 0 bridgehead atoms. The number of halogens is 1. The van der Waals surface area contributed by atoms with Crippen LogP contribution in [0.15, 0.2) is 34.9 Å². The normalized spacial score (nSPS) is 17.7. The van der Waals surface area contributed by atoms with Gasteiger partial charge in [0.05, 0.1) is 6.54 Å². The van der Waals surface area contributed by atoms with Crippen molar-refractivity contribution in [1.29, 1.82) is 0 Å². The minimum Gasteiger partial charge on any atom is -0.359 e. The molecule has 1 N–H and O–H groups in total. The Morgan fingerprint density at radius 1 is 1.29 bits per heavy atom. The lowest BCUT2D eigenvalue weighted by atomic mass is 10.0. The van der Waals surface area contributed by atoms with Crippen LogP contribution in [0.5, 0.6) is 0 Å². The lowest BCUT2D eigenvalue weighted by Gasteiger charge is -2.12. The van der Waals surface area contributed by atoms with Gasteiger partial charge in [0.25, 0.3) is 5.91 Å². The van der Waals surface area contributed by atoms with Crippen molar-refractivity contribution >= 4 is 23.5 Å². The summed E-state index contributed by atoms with van der Waals surface area (Å²) >= 11 is 5.87. The third kappa shape index (κ3) is 3.43. The first-order chi connectivity index (χ1) is 11.4. The molecule has 1 aromatic heterocycles. The minimum absolute atomic E-state index is 0.0693. The van der Waals surface area contributed by atoms with Gasteiger partial charge >= 0.3 is 6.03 Å². The predicted molar refractivity (Wildman–Crippen MR) is 89.3 cm³/mol. The fourth-order valence-electron chi connectivity index (χ4n) is 2.66.